The summed E-state index contributed by atoms with van der Waals surface area (Å²) in [5.41, 5.74) is 3.70. The van der Waals surface area contributed by atoms with Gasteiger partial charge >= 0.3 is 0 Å². The Balaban J connectivity index is 1.35. The minimum Gasteiger partial charge on any atom is -0.311 e. The van der Waals surface area contributed by atoms with E-state index in [-0.39, 0.29) is 24.7 Å². The van der Waals surface area contributed by atoms with Crippen LogP contribution >= 0.6 is 0 Å². The predicted octanol–water partition coefficient (Wildman–Crippen LogP) is 4.18. The van der Waals surface area contributed by atoms with Crippen molar-refractivity contribution in [2.24, 2.45) is 7.05 Å². The lowest BCUT2D eigenvalue weighted by Gasteiger charge is -2.29. The van der Waals surface area contributed by atoms with Gasteiger partial charge in [0.15, 0.2) is 5.78 Å². The quantitative estimate of drug-likeness (QED) is 0.757. The Morgan fingerprint density at radius 3 is 2.71 bits per heavy atom. The molecule has 6 heteroatoms. The van der Waals surface area contributed by atoms with Crippen LogP contribution in [0.4, 0.5) is 8.78 Å². The van der Waals surface area contributed by atoms with Crippen LogP contribution in [0.3, 0.4) is 0 Å². The van der Waals surface area contributed by atoms with Crippen molar-refractivity contribution in [2.75, 3.05) is 0 Å². The standard InChI is InChI=1S/C22H27F2N3O/c1-14-10-18(27(2)26-14)12-21(28)16-5-3-4-15(11-16)19-13-20(19)25-17-6-8-22(23,24)9-7-17/h3-5,10-11,17,19-20,25H,6-9,12-13H2,1-2H3. The fourth-order valence-electron chi connectivity index (χ4n) is 4.30. The number of aryl methyl sites for hydroxylation is 2. The lowest BCUT2D eigenvalue weighted by Crippen LogP contribution is -2.38. The van der Waals surface area contributed by atoms with Crippen LogP contribution in [0.2, 0.25) is 0 Å². The summed E-state index contributed by atoms with van der Waals surface area (Å²) >= 11 is 0. The van der Waals surface area contributed by atoms with Crippen LogP contribution in [0.25, 0.3) is 0 Å². The third kappa shape index (κ3) is 4.32. The molecule has 1 heterocycles. The molecule has 0 radical (unpaired) electrons. The zero-order chi connectivity index (χ0) is 19.9. The fourth-order valence-corrected chi connectivity index (χ4v) is 4.30. The topological polar surface area (TPSA) is 46.9 Å². The van der Waals surface area contributed by atoms with Gasteiger partial charge in [0, 0.05) is 49.1 Å². The molecule has 2 aromatic rings. The predicted molar refractivity (Wildman–Crippen MR) is 104 cm³/mol. The van der Waals surface area contributed by atoms with E-state index in [0.717, 1.165) is 28.9 Å². The molecule has 2 aliphatic rings. The van der Waals surface area contributed by atoms with E-state index < -0.39 is 5.92 Å². The molecule has 4 nitrogen and oxygen atoms in total. The van der Waals surface area contributed by atoms with E-state index in [4.69, 9.17) is 0 Å². The number of nitrogens with zero attached hydrogens (tertiary/aromatic N) is 2. The minimum atomic E-state index is -2.48. The van der Waals surface area contributed by atoms with Gasteiger partial charge in [0.2, 0.25) is 5.92 Å². The molecule has 0 amide bonds. The highest BCUT2D eigenvalue weighted by Crippen LogP contribution is 2.43. The van der Waals surface area contributed by atoms with E-state index in [2.05, 4.69) is 16.5 Å². The highest BCUT2D eigenvalue weighted by molar-refractivity contribution is 5.97. The minimum absolute atomic E-state index is 0.0144. The van der Waals surface area contributed by atoms with Crippen molar-refractivity contribution in [3.8, 4) is 0 Å². The van der Waals surface area contributed by atoms with Gasteiger partial charge in [-0.25, -0.2) is 8.78 Å². The van der Waals surface area contributed by atoms with Crippen molar-refractivity contribution < 1.29 is 13.6 Å². The Kier molecular flexibility index (Phi) is 5.08. The molecule has 4 rings (SSSR count). The summed E-state index contributed by atoms with van der Waals surface area (Å²) in [7, 11) is 1.85. The molecular weight excluding hydrogens is 360 g/mol. The SMILES string of the molecule is Cc1cc(CC(=O)c2cccc(C3CC3NC3CCC(F)(F)CC3)c2)n(C)n1. The maximum absolute atomic E-state index is 13.3. The third-order valence-corrected chi connectivity index (χ3v) is 6.03. The van der Waals surface area contributed by atoms with Gasteiger partial charge in [-0.15, -0.1) is 0 Å². The Bertz CT molecular complexity index is 866. The van der Waals surface area contributed by atoms with E-state index in [1.165, 1.54) is 0 Å². The normalized spacial score (nSPS) is 24.3. The smallest absolute Gasteiger partial charge is 0.248 e. The Labute approximate surface area is 164 Å². The summed E-state index contributed by atoms with van der Waals surface area (Å²) in [5, 5.41) is 7.85. The molecule has 2 fully saturated rings. The summed E-state index contributed by atoms with van der Waals surface area (Å²) in [6.07, 6.45) is 2.39. The average molecular weight is 387 g/mol. The van der Waals surface area contributed by atoms with Crippen LogP contribution in [0, 0.1) is 6.92 Å². The molecule has 0 bridgehead atoms. The molecule has 2 aliphatic carbocycles. The first-order valence-corrected chi connectivity index (χ1v) is 10.1. The molecule has 0 saturated heterocycles. The van der Waals surface area contributed by atoms with Gasteiger partial charge < -0.3 is 5.32 Å². The lowest BCUT2D eigenvalue weighted by atomic mass is 9.92. The first-order chi connectivity index (χ1) is 13.3. The van der Waals surface area contributed by atoms with Crippen molar-refractivity contribution >= 4 is 5.78 Å². The van der Waals surface area contributed by atoms with Crippen LogP contribution in [0.1, 0.15) is 65.3 Å². The highest BCUT2D eigenvalue weighted by atomic mass is 19.3. The second-order valence-electron chi connectivity index (χ2n) is 8.37. The van der Waals surface area contributed by atoms with Crippen LogP contribution in [0.5, 0.6) is 0 Å². The first-order valence-electron chi connectivity index (χ1n) is 10.1. The summed E-state index contributed by atoms with van der Waals surface area (Å²) in [4.78, 5) is 12.7. The summed E-state index contributed by atoms with van der Waals surface area (Å²) in [6, 6.07) is 10.3. The van der Waals surface area contributed by atoms with Crippen molar-refractivity contribution in [1.29, 1.82) is 0 Å². The number of carbonyl (C=O) groups is 1. The van der Waals surface area contributed by atoms with Crippen molar-refractivity contribution in [2.45, 2.75) is 69.4 Å². The van der Waals surface area contributed by atoms with Gasteiger partial charge in [0.05, 0.1) is 12.1 Å². The van der Waals surface area contributed by atoms with Gasteiger partial charge in [-0.2, -0.15) is 5.10 Å². The molecule has 150 valence electrons. The van der Waals surface area contributed by atoms with Crippen molar-refractivity contribution in [3.05, 3.63) is 52.8 Å². The number of hydrogen-bond donors (Lipinski definition) is 1. The molecule has 1 aromatic heterocycles. The second kappa shape index (κ2) is 7.39. The van der Waals surface area contributed by atoms with Crippen molar-refractivity contribution in [3.63, 3.8) is 0 Å². The van der Waals surface area contributed by atoms with Crippen LogP contribution in [0.15, 0.2) is 30.3 Å². The monoisotopic (exact) mass is 387 g/mol. The number of Topliss-reactive ketones (excluding diaryl/α,β-unsaturated/α-hetero) is 1. The summed E-state index contributed by atoms with van der Waals surface area (Å²) in [5.74, 6) is -2.03. The van der Waals surface area contributed by atoms with Gasteiger partial charge in [-0.3, -0.25) is 9.48 Å². The molecule has 2 saturated carbocycles. The molecule has 1 aromatic carbocycles. The molecule has 2 unspecified atom stereocenters. The Hall–Kier alpha value is -2.08. The second-order valence-corrected chi connectivity index (χ2v) is 8.37. The molecule has 28 heavy (non-hydrogen) atoms. The van der Waals surface area contributed by atoms with E-state index >= 15 is 0 Å². The Morgan fingerprint density at radius 2 is 2.04 bits per heavy atom. The van der Waals surface area contributed by atoms with Gasteiger partial charge in [0.25, 0.3) is 0 Å². The molecule has 0 spiro atoms. The van der Waals surface area contributed by atoms with Crippen molar-refractivity contribution in [1.82, 2.24) is 15.1 Å². The number of benzene rings is 1. The van der Waals surface area contributed by atoms with E-state index in [9.17, 15) is 13.6 Å². The maximum Gasteiger partial charge on any atom is 0.248 e. The van der Waals surface area contributed by atoms with E-state index in [0.29, 0.717) is 31.2 Å². The van der Waals surface area contributed by atoms with Gasteiger partial charge in [0.1, 0.15) is 0 Å². The molecule has 0 aliphatic heterocycles. The largest absolute Gasteiger partial charge is 0.311 e. The molecular formula is C22H27F2N3O. The van der Waals surface area contributed by atoms with Crippen LogP contribution < -0.4 is 5.32 Å². The molecule has 1 N–H and O–H groups in total. The van der Waals surface area contributed by atoms with Crippen LogP contribution in [-0.2, 0) is 13.5 Å². The number of ketones is 1. The number of halogens is 2. The number of hydrogen-bond acceptors (Lipinski definition) is 3. The summed E-state index contributed by atoms with van der Waals surface area (Å²) < 4.78 is 28.4. The number of aromatic nitrogens is 2. The average Bonchev–Trinajstić information content (AvgIpc) is 3.34. The van der Waals surface area contributed by atoms with Crippen LogP contribution in [-0.4, -0.2) is 33.6 Å². The highest BCUT2D eigenvalue weighted by Gasteiger charge is 2.42. The zero-order valence-corrected chi connectivity index (χ0v) is 16.4. The van der Waals surface area contributed by atoms with E-state index in [1.54, 1.807) is 4.68 Å². The van der Waals surface area contributed by atoms with Gasteiger partial charge in [-0.1, -0.05) is 18.2 Å². The Morgan fingerprint density at radius 1 is 1.29 bits per heavy atom. The van der Waals surface area contributed by atoms with E-state index in [1.807, 2.05) is 38.2 Å². The number of rotatable bonds is 6. The van der Waals surface area contributed by atoms with Gasteiger partial charge in [-0.05, 0) is 43.9 Å². The first kappa shape index (κ1) is 19.2. The fraction of sp³-hybridized carbons (Fsp3) is 0.545. The third-order valence-electron chi connectivity index (χ3n) is 6.03. The number of alkyl halides is 2. The maximum atomic E-state index is 13.3. The number of carbonyl (C=O) groups excluding carboxylic acids is 1. The zero-order valence-electron chi connectivity index (χ0n) is 16.4. The lowest BCUT2D eigenvalue weighted by molar-refractivity contribution is -0.0405. The molecule has 2 atom stereocenters. The summed E-state index contributed by atoms with van der Waals surface area (Å²) in [6.45, 7) is 1.92. The number of nitrogens with one attached hydrogen (secondary N) is 1.